The highest BCUT2D eigenvalue weighted by atomic mass is 32.2. The number of aliphatic carboxylic acids is 1. The van der Waals surface area contributed by atoms with Gasteiger partial charge in [0, 0.05) is 12.8 Å². The molecule has 18 heavy (non-hydrogen) atoms. The molecule has 0 amide bonds. The Bertz CT molecular complexity index is 402. The van der Waals surface area contributed by atoms with Crippen LogP contribution < -0.4 is 0 Å². The lowest BCUT2D eigenvalue weighted by atomic mass is 10.0. The SMILES string of the molecule is CC(CC(=O)O)Cc1nnc(C2CCCCS2)o1. The fourth-order valence-electron chi connectivity index (χ4n) is 2.08. The fourth-order valence-corrected chi connectivity index (χ4v) is 3.31. The first-order chi connectivity index (χ1) is 8.65. The number of carbonyl (C=O) groups is 1. The van der Waals surface area contributed by atoms with Crippen LogP contribution in [0.4, 0.5) is 0 Å². The van der Waals surface area contributed by atoms with E-state index in [1.54, 1.807) is 0 Å². The summed E-state index contributed by atoms with van der Waals surface area (Å²) in [6, 6.07) is 0. The molecule has 1 N–H and O–H groups in total. The van der Waals surface area contributed by atoms with Crippen LogP contribution in [0.15, 0.2) is 4.42 Å². The summed E-state index contributed by atoms with van der Waals surface area (Å²) in [4.78, 5) is 10.6. The van der Waals surface area contributed by atoms with E-state index in [1.165, 1.54) is 12.8 Å². The molecule has 2 unspecified atom stereocenters. The van der Waals surface area contributed by atoms with Crippen molar-refractivity contribution in [1.82, 2.24) is 10.2 Å². The number of aromatic nitrogens is 2. The van der Waals surface area contributed by atoms with Gasteiger partial charge in [0.25, 0.3) is 0 Å². The van der Waals surface area contributed by atoms with E-state index in [0.717, 1.165) is 12.2 Å². The van der Waals surface area contributed by atoms with Crippen LogP contribution in [0, 0.1) is 5.92 Å². The Labute approximate surface area is 110 Å². The smallest absolute Gasteiger partial charge is 0.303 e. The van der Waals surface area contributed by atoms with Gasteiger partial charge in [-0.1, -0.05) is 13.3 Å². The summed E-state index contributed by atoms with van der Waals surface area (Å²) in [5, 5.41) is 17.1. The Balaban J connectivity index is 1.91. The topological polar surface area (TPSA) is 76.2 Å². The molecule has 1 aromatic rings. The van der Waals surface area contributed by atoms with Crippen molar-refractivity contribution in [3.8, 4) is 0 Å². The van der Waals surface area contributed by atoms with E-state index < -0.39 is 5.97 Å². The van der Waals surface area contributed by atoms with E-state index in [9.17, 15) is 4.79 Å². The summed E-state index contributed by atoms with van der Waals surface area (Å²) in [7, 11) is 0. The van der Waals surface area contributed by atoms with Crippen molar-refractivity contribution in [2.24, 2.45) is 5.92 Å². The van der Waals surface area contributed by atoms with Gasteiger partial charge in [0.05, 0.1) is 5.25 Å². The number of hydrogen-bond acceptors (Lipinski definition) is 5. The number of hydrogen-bond donors (Lipinski definition) is 1. The van der Waals surface area contributed by atoms with Crippen molar-refractivity contribution >= 4 is 17.7 Å². The van der Waals surface area contributed by atoms with Gasteiger partial charge in [-0.3, -0.25) is 4.79 Å². The van der Waals surface area contributed by atoms with E-state index in [-0.39, 0.29) is 12.3 Å². The number of carboxylic acids is 1. The Morgan fingerprint density at radius 1 is 1.56 bits per heavy atom. The fraction of sp³-hybridized carbons (Fsp3) is 0.750. The Morgan fingerprint density at radius 2 is 2.39 bits per heavy atom. The zero-order valence-corrected chi connectivity index (χ0v) is 11.3. The molecule has 2 heterocycles. The lowest BCUT2D eigenvalue weighted by molar-refractivity contribution is -0.137. The summed E-state index contributed by atoms with van der Waals surface area (Å²) in [6.45, 7) is 1.88. The van der Waals surface area contributed by atoms with Gasteiger partial charge in [0.2, 0.25) is 11.8 Å². The molecule has 2 rings (SSSR count). The van der Waals surface area contributed by atoms with Crippen LogP contribution in [0.1, 0.15) is 49.6 Å². The molecule has 0 aliphatic carbocycles. The van der Waals surface area contributed by atoms with Crippen LogP contribution in [0.25, 0.3) is 0 Å². The molecule has 6 heteroatoms. The maximum absolute atomic E-state index is 10.6. The second-order valence-corrected chi connectivity index (χ2v) is 6.11. The normalized spacial score (nSPS) is 21.7. The third kappa shape index (κ3) is 3.73. The molecule has 1 aromatic heterocycles. The van der Waals surface area contributed by atoms with Gasteiger partial charge in [-0.15, -0.1) is 22.0 Å². The highest BCUT2D eigenvalue weighted by Gasteiger charge is 2.22. The van der Waals surface area contributed by atoms with E-state index >= 15 is 0 Å². The van der Waals surface area contributed by atoms with Crippen LogP contribution >= 0.6 is 11.8 Å². The summed E-state index contributed by atoms with van der Waals surface area (Å²) in [5.41, 5.74) is 0. The molecule has 1 fully saturated rings. The molecule has 5 nitrogen and oxygen atoms in total. The van der Waals surface area contributed by atoms with Gasteiger partial charge < -0.3 is 9.52 Å². The Kier molecular flexibility index (Phi) is 4.63. The molecule has 0 bridgehead atoms. The number of rotatable bonds is 5. The van der Waals surface area contributed by atoms with E-state index in [4.69, 9.17) is 9.52 Å². The predicted octanol–water partition coefficient (Wildman–Crippen LogP) is 2.68. The van der Waals surface area contributed by atoms with Gasteiger partial charge in [0.15, 0.2) is 0 Å². The van der Waals surface area contributed by atoms with Gasteiger partial charge >= 0.3 is 5.97 Å². The average molecular weight is 270 g/mol. The average Bonchev–Trinajstić information content (AvgIpc) is 2.77. The van der Waals surface area contributed by atoms with Crippen LogP contribution in [-0.2, 0) is 11.2 Å². The molecule has 1 saturated heterocycles. The standard InChI is InChI=1S/C12H18N2O3S/c1-8(7-11(15)16)6-10-13-14-12(17-10)9-4-2-3-5-18-9/h8-9H,2-7H2,1H3,(H,15,16). The molecule has 1 aliphatic rings. The second-order valence-electron chi connectivity index (χ2n) is 4.80. The Hall–Kier alpha value is -1.04. The molecule has 100 valence electrons. The highest BCUT2D eigenvalue weighted by Crippen LogP contribution is 2.37. The van der Waals surface area contributed by atoms with Gasteiger partial charge in [-0.2, -0.15) is 0 Å². The van der Waals surface area contributed by atoms with E-state index in [2.05, 4.69) is 10.2 Å². The summed E-state index contributed by atoms with van der Waals surface area (Å²) >= 11 is 1.87. The summed E-state index contributed by atoms with van der Waals surface area (Å²) < 4.78 is 5.64. The van der Waals surface area contributed by atoms with Crippen LogP contribution in [0.5, 0.6) is 0 Å². The minimum absolute atomic E-state index is 0.0230. The molecule has 0 saturated carbocycles. The van der Waals surface area contributed by atoms with Crippen molar-refractivity contribution in [2.75, 3.05) is 5.75 Å². The maximum atomic E-state index is 10.6. The molecule has 0 aromatic carbocycles. The second kappa shape index (κ2) is 6.22. The molecule has 1 aliphatic heterocycles. The zero-order valence-electron chi connectivity index (χ0n) is 10.5. The van der Waals surface area contributed by atoms with Crippen molar-refractivity contribution in [3.05, 3.63) is 11.8 Å². The van der Waals surface area contributed by atoms with Crippen molar-refractivity contribution in [2.45, 2.75) is 44.3 Å². The molecular formula is C12H18N2O3S. The summed E-state index contributed by atoms with van der Waals surface area (Å²) in [6.07, 6.45) is 4.24. The van der Waals surface area contributed by atoms with E-state index in [0.29, 0.717) is 23.5 Å². The van der Waals surface area contributed by atoms with Crippen LogP contribution in [-0.4, -0.2) is 27.0 Å². The number of nitrogens with zero attached hydrogens (tertiary/aromatic N) is 2. The third-order valence-electron chi connectivity index (χ3n) is 2.98. The highest BCUT2D eigenvalue weighted by molar-refractivity contribution is 7.99. The molecular weight excluding hydrogens is 252 g/mol. The lowest BCUT2D eigenvalue weighted by Gasteiger charge is -2.17. The predicted molar refractivity (Wildman–Crippen MR) is 68.5 cm³/mol. The first-order valence-electron chi connectivity index (χ1n) is 6.31. The zero-order chi connectivity index (χ0) is 13.0. The van der Waals surface area contributed by atoms with Gasteiger partial charge in [-0.25, -0.2) is 0 Å². The summed E-state index contributed by atoms with van der Waals surface area (Å²) in [5.74, 6) is 1.65. The van der Waals surface area contributed by atoms with Crippen molar-refractivity contribution in [3.63, 3.8) is 0 Å². The number of carboxylic acid groups (broad SMARTS) is 1. The molecule has 2 atom stereocenters. The van der Waals surface area contributed by atoms with E-state index in [1.807, 2.05) is 18.7 Å². The molecule has 0 radical (unpaired) electrons. The monoisotopic (exact) mass is 270 g/mol. The van der Waals surface area contributed by atoms with Crippen LogP contribution in [0.3, 0.4) is 0 Å². The first kappa shape index (κ1) is 13.4. The molecule has 0 spiro atoms. The quantitative estimate of drug-likeness (QED) is 0.886. The number of thioether (sulfide) groups is 1. The largest absolute Gasteiger partial charge is 0.481 e. The maximum Gasteiger partial charge on any atom is 0.303 e. The minimum Gasteiger partial charge on any atom is -0.481 e. The first-order valence-corrected chi connectivity index (χ1v) is 7.35. The van der Waals surface area contributed by atoms with Gasteiger partial charge in [0.1, 0.15) is 0 Å². The van der Waals surface area contributed by atoms with Crippen molar-refractivity contribution in [1.29, 1.82) is 0 Å². The van der Waals surface area contributed by atoms with Crippen molar-refractivity contribution < 1.29 is 14.3 Å². The van der Waals surface area contributed by atoms with Gasteiger partial charge in [-0.05, 0) is 24.5 Å². The van der Waals surface area contributed by atoms with Crippen LogP contribution in [0.2, 0.25) is 0 Å². The lowest BCUT2D eigenvalue weighted by Crippen LogP contribution is -2.07. The Morgan fingerprint density at radius 3 is 3.06 bits per heavy atom. The third-order valence-corrected chi connectivity index (χ3v) is 4.35. The minimum atomic E-state index is -0.787.